The Bertz CT molecular complexity index is 255. The summed E-state index contributed by atoms with van der Waals surface area (Å²) >= 11 is 0. The lowest BCUT2D eigenvalue weighted by Crippen LogP contribution is -2.35. The molecule has 0 spiro atoms. The van der Waals surface area contributed by atoms with Crippen LogP contribution < -0.4 is 11.1 Å². The van der Waals surface area contributed by atoms with E-state index in [0.717, 1.165) is 17.8 Å². The molecule has 3 N–H and O–H groups in total. The van der Waals surface area contributed by atoms with Crippen LogP contribution >= 0.6 is 0 Å². The highest BCUT2D eigenvalue weighted by Crippen LogP contribution is 2.25. The van der Waals surface area contributed by atoms with E-state index in [0.29, 0.717) is 6.04 Å². The van der Waals surface area contributed by atoms with Gasteiger partial charge in [-0.2, -0.15) is 0 Å². The van der Waals surface area contributed by atoms with Crippen molar-refractivity contribution < 1.29 is 0 Å². The van der Waals surface area contributed by atoms with Crippen molar-refractivity contribution in [3.8, 4) is 0 Å². The van der Waals surface area contributed by atoms with Gasteiger partial charge in [-0.1, -0.05) is 0 Å². The highest BCUT2D eigenvalue weighted by molar-refractivity contribution is 5.46. The lowest BCUT2D eigenvalue weighted by molar-refractivity contribution is 0.383. The fourth-order valence-electron chi connectivity index (χ4n) is 1.26. The zero-order valence-corrected chi connectivity index (χ0v) is 6.25. The maximum Gasteiger partial charge on any atom is 0.0393 e. The molecule has 2 heterocycles. The third kappa shape index (κ3) is 1.07. The van der Waals surface area contributed by atoms with Crippen LogP contribution in [0.15, 0.2) is 18.5 Å². The van der Waals surface area contributed by atoms with Gasteiger partial charge < -0.3 is 11.1 Å². The molecule has 1 aliphatic heterocycles. The van der Waals surface area contributed by atoms with E-state index in [-0.39, 0.29) is 0 Å². The fraction of sp³-hybridized carbons (Fsp3) is 0.375. The first kappa shape index (κ1) is 6.61. The molecule has 58 valence electrons. The SMILES string of the molecule is Nc1ccncc1C1CCN1. The van der Waals surface area contributed by atoms with Crippen LogP contribution in [0.5, 0.6) is 0 Å². The van der Waals surface area contributed by atoms with Crippen LogP contribution in [0.25, 0.3) is 0 Å². The Balaban J connectivity index is 2.28. The smallest absolute Gasteiger partial charge is 0.0393 e. The summed E-state index contributed by atoms with van der Waals surface area (Å²) in [6.07, 6.45) is 4.74. The van der Waals surface area contributed by atoms with Gasteiger partial charge in [-0.05, 0) is 19.0 Å². The Morgan fingerprint density at radius 1 is 1.64 bits per heavy atom. The minimum absolute atomic E-state index is 0.448. The van der Waals surface area contributed by atoms with Crippen LogP contribution in [0.4, 0.5) is 5.69 Å². The standard InChI is InChI=1S/C8H11N3/c9-7-1-3-10-5-6(7)8-2-4-11-8/h1,3,5,8,11H,2,4H2,(H2,9,10). The number of nitrogens with one attached hydrogen (secondary N) is 1. The predicted molar refractivity (Wildman–Crippen MR) is 44.0 cm³/mol. The molecule has 1 aromatic rings. The molecule has 0 radical (unpaired) electrons. The molecule has 2 rings (SSSR count). The highest BCUT2D eigenvalue weighted by Gasteiger charge is 2.20. The molecule has 3 heteroatoms. The molecule has 0 amide bonds. The lowest BCUT2D eigenvalue weighted by Gasteiger charge is -2.28. The molecule has 11 heavy (non-hydrogen) atoms. The normalized spacial score (nSPS) is 22.7. The van der Waals surface area contributed by atoms with E-state index in [2.05, 4.69) is 10.3 Å². The number of rotatable bonds is 1. The summed E-state index contributed by atoms with van der Waals surface area (Å²) in [5, 5.41) is 3.28. The summed E-state index contributed by atoms with van der Waals surface area (Å²) in [5.41, 5.74) is 7.73. The molecular weight excluding hydrogens is 138 g/mol. The van der Waals surface area contributed by atoms with Crippen molar-refractivity contribution in [3.05, 3.63) is 24.0 Å². The average molecular weight is 149 g/mol. The molecule has 0 aromatic carbocycles. The van der Waals surface area contributed by atoms with Crippen molar-refractivity contribution in [2.24, 2.45) is 0 Å². The molecule has 3 nitrogen and oxygen atoms in total. The largest absolute Gasteiger partial charge is 0.398 e. The minimum atomic E-state index is 0.448. The molecule has 1 saturated heterocycles. The third-order valence-electron chi connectivity index (χ3n) is 2.09. The summed E-state index contributed by atoms with van der Waals surface area (Å²) in [6, 6.07) is 2.29. The topological polar surface area (TPSA) is 50.9 Å². The predicted octanol–water partition coefficient (Wildman–Crippen LogP) is 0.698. The number of nitrogens with zero attached hydrogens (tertiary/aromatic N) is 1. The first-order chi connectivity index (χ1) is 5.38. The molecule has 1 unspecified atom stereocenters. The van der Waals surface area contributed by atoms with Gasteiger partial charge in [0.2, 0.25) is 0 Å². The lowest BCUT2D eigenvalue weighted by atomic mass is 9.98. The highest BCUT2D eigenvalue weighted by atomic mass is 15.0. The van der Waals surface area contributed by atoms with Crippen LogP contribution in [0, 0.1) is 0 Å². The molecule has 0 aliphatic carbocycles. The maximum absolute atomic E-state index is 5.75. The van der Waals surface area contributed by atoms with E-state index < -0.39 is 0 Å². The van der Waals surface area contributed by atoms with Gasteiger partial charge >= 0.3 is 0 Å². The first-order valence-corrected chi connectivity index (χ1v) is 3.80. The van der Waals surface area contributed by atoms with Gasteiger partial charge in [0.25, 0.3) is 0 Å². The summed E-state index contributed by atoms with van der Waals surface area (Å²) < 4.78 is 0. The second-order valence-corrected chi connectivity index (χ2v) is 2.80. The Morgan fingerprint density at radius 2 is 2.45 bits per heavy atom. The number of nitrogen functional groups attached to an aromatic ring is 1. The average Bonchev–Trinajstić information content (AvgIpc) is 1.90. The summed E-state index contributed by atoms with van der Waals surface area (Å²) in [5.74, 6) is 0. The van der Waals surface area contributed by atoms with Crippen molar-refractivity contribution in [2.75, 3.05) is 12.3 Å². The number of nitrogens with two attached hydrogens (primary N) is 1. The molecule has 1 aromatic heterocycles. The van der Waals surface area contributed by atoms with Crippen molar-refractivity contribution in [2.45, 2.75) is 12.5 Å². The van der Waals surface area contributed by atoms with Gasteiger partial charge in [-0.25, -0.2) is 0 Å². The van der Waals surface area contributed by atoms with E-state index in [9.17, 15) is 0 Å². The van der Waals surface area contributed by atoms with Crippen molar-refractivity contribution in [3.63, 3.8) is 0 Å². The van der Waals surface area contributed by atoms with E-state index in [1.165, 1.54) is 6.42 Å². The van der Waals surface area contributed by atoms with Crippen molar-refractivity contribution in [1.29, 1.82) is 0 Å². The molecule has 1 atom stereocenters. The Kier molecular flexibility index (Phi) is 1.51. The third-order valence-corrected chi connectivity index (χ3v) is 2.09. The van der Waals surface area contributed by atoms with Crippen LogP contribution in [0.1, 0.15) is 18.0 Å². The van der Waals surface area contributed by atoms with Gasteiger partial charge in [0, 0.05) is 29.7 Å². The number of hydrogen-bond acceptors (Lipinski definition) is 3. The minimum Gasteiger partial charge on any atom is -0.398 e. The monoisotopic (exact) mass is 149 g/mol. The molecule has 0 bridgehead atoms. The molecule has 1 aliphatic rings. The molecule has 1 fully saturated rings. The Labute approximate surface area is 65.6 Å². The first-order valence-electron chi connectivity index (χ1n) is 3.80. The quantitative estimate of drug-likeness (QED) is 0.618. The second kappa shape index (κ2) is 2.51. The zero-order chi connectivity index (χ0) is 7.68. The second-order valence-electron chi connectivity index (χ2n) is 2.80. The Morgan fingerprint density at radius 3 is 3.00 bits per heavy atom. The van der Waals surface area contributed by atoms with E-state index in [4.69, 9.17) is 5.73 Å². The number of anilines is 1. The van der Waals surface area contributed by atoms with Crippen LogP contribution in [0.3, 0.4) is 0 Å². The van der Waals surface area contributed by atoms with Crippen molar-refractivity contribution >= 4 is 5.69 Å². The van der Waals surface area contributed by atoms with E-state index >= 15 is 0 Å². The molecule has 0 saturated carbocycles. The Hall–Kier alpha value is -1.09. The number of aromatic nitrogens is 1. The van der Waals surface area contributed by atoms with Gasteiger partial charge in [0.1, 0.15) is 0 Å². The summed E-state index contributed by atoms with van der Waals surface area (Å²) in [7, 11) is 0. The van der Waals surface area contributed by atoms with Gasteiger partial charge in [0.15, 0.2) is 0 Å². The summed E-state index contributed by atoms with van der Waals surface area (Å²) in [4.78, 5) is 4.03. The maximum atomic E-state index is 5.75. The van der Waals surface area contributed by atoms with Crippen LogP contribution in [0.2, 0.25) is 0 Å². The van der Waals surface area contributed by atoms with Gasteiger partial charge in [0.05, 0.1) is 0 Å². The van der Waals surface area contributed by atoms with E-state index in [1.807, 2.05) is 12.3 Å². The zero-order valence-electron chi connectivity index (χ0n) is 6.25. The van der Waals surface area contributed by atoms with Gasteiger partial charge in [-0.15, -0.1) is 0 Å². The van der Waals surface area contributed by atoms with Crippen LogP contribution in [-0.2, 0) is 0 Å². The number of pyridine rings is 1. The fourth-order valence-corrected chi connectivity index (χ4v) is 1.26. The van der Waals surface area contributed by atoms with Gasteiger partial charge in [-0.3, -0.25) is 4.98 Å². The number of hydrogen-bond donors (Lipinski definition) is 2. The molecular formula is C8H11N3. The van der Waals surface area contributed by atoms with E-state index in [1.54, 1.807) is 6.20 Å². The van der Waals surface area contributed by atoms with Crippen molar-refractivity contribution in [1.82, 2.24) is 10.3 Å². The van der Waals surface area contributed by atoms with Crippen LogP contribution in [-0.4, -0.2) is 11.5 Å². The summed E-state index contributed by atoms with van der Waals surface area (Å²) in [6.45, 7) is 1.10.